The summed E-state index contributed by atoms with van der Waals surface area (Å²) >= 11 is 0. The van der Waals surface area contributed by atoms with E-state index in [1.165, 1.54) is 25.1 Å². The molecule has 2 rings (SSSR count). The lowest BCUT2D eigenvalue weighted by atomic mass is 9.89. The van der Waals surface area contributed by atoms with Crippen molar-refractivity contribution in [2.24, 2.45) is 5.41 Å². The molecule has 2 heterocycles. The highest BCUT2D eigenvalue weighted by Crippen LogP contribution is 2.26. The zero-order valence-electron chi connectivity index (χ0n) is 10.9. The van der Waals surface area contributed by atoms with Gasteiger partial charge in [-0.15, -0.1) is 0 Å². The number of pyridine rings is 1. The third kappa shape index (κ3) is 3.51. The standard InChI is InChI=1S/C14H23N3/c1-3-17(10-13-4-7-15-8-5-13)12-14(2)6-9-16-11-14/h4-5,7-8,16H,3,6,9-12H2,1-2H3. The van der Waals surface area contributed by atoms with Gasteiger partial charge < -0.3 is 5.32 Å². The second-order valence-electron chi connectivity index (χ2n) is 5.40. The van der Waals surface area contributed by atoms with Crippen molar-refractivity contribution in [2.45, 2.75) is 26.8 Å². The summed E-state index contributed by atoms with van der Waals surface area (Å²) in [6.45, 7) is 10.3. The van der Waals surface area contributed by atoms with Crippen molar-refractivity contribution in [3.05, 3.63) is 30.1 Å². The SMILES string of the molecule is CCN(Cc1ccncc1)CC1(C)CCNC1. The van der Waals surface area contributed by atoms with Crippen LogP contribution in [0.15, 0.2) is 24.5 Å². The molecule has 0 spiro atoms. The molecule has 0 aromatic carbocycles. The fourth-order valence-electron chi connectivity index (χ4n) is 2.57. The molecule has 1 fully saturated rings. The van der Waals surface area contributed by atoms with Crippen LogP contribution in [0.2, 0.25) is 0 Å². The molecular formula is C14H23N3. The zero-order valence-corrected chi connectivity index (χ0v) is 10.9. The van der Waals surface area contributed by atoms with Gasteiger partial charge in [0, 0.05) is 32.0 Å². The van der Waals surface area contributed by atoms with E-state index in [1.54, 1.807) is 0 Å². The van der Waals surface area contributed by atoms with Crippen molar-refractivity contribution in [3.8, 4) is 0 Å². The molecule has 1 atom stereocenters. The van der Waals surface area contributed by atoms with Crippen LogP contribution in [-0.4, -0.2) is 36.1 Å². The van der Waals surface area contributed by atoms with E-state index in [9.17, 15) is 0 Å². The first-order valence-electron chi connectivity index (χ1n) is 6.54. The predicted octanol–water partition coefficient (Wildman–Crippen LogP) is 1.90. The summed E-state index contributed by atoms with van der Waals surface area (Å²) in [5.74, 6) is 0. The molecule has 0 amide bonds. The van der Waals surface area contributed by atoms with Gasteiger partial charge in [0.25, 0.3) is 0 Å². The first kappa shape index (κ1) is 12.5. The third-order valence-corrected chi connectivity index (χ3v) is 3.67. The molecule has 17 heavy (non-hydrogen) atoms. The lowest BCUT2D eigenvalue weighted by Crippen LogP contribution is -2.37. The minimum atomic E-state index is 0.447. The summed E-state index contributed by atoms with van der Waals surface area (Å²) in [6, 6.07) is 4.22. The monoisotopic (exact) mass is 233 g/mol. The average molecular weight is 233 g/mol. The van der Waals surface area contributed by atoms with E-state index in [2.05, 4.69) is 41.2 Å². The van der Waals surface area contributed by atoms with E-state index in [-0.39, 0.29) is 0 Å². The Morgan fingerprint density at radius 2 is 2.18 bits per heavy atom. The van der Waals surface area contributed by atoms with Crippen molar-refractivity contribution >= 4 is 0 Å². The third-order valence-electron chi connectivity index (χ3n) is 3.67. The normalized spacial score (nSPS) is 24.4. The maximum Gasteiger partial charge on any atom is 0.0271 e. The van der Waals surface area contributed by atoms with E-state index >= 15 is 0 Å². The Hall–Kier alpha value is -0.930. The summed E-state index contributed by atoms with van der Waals surface area (Å²) in [5, 5.41) is 3.47. The van der Waals surface area contributed by atoms with Crippen LogP contribution in [0, 0.1) is 5.41 Å². The number of nitrogens with zero attached hydrogens (tertiary/aromatic N) is 2. The molecule has 1 aliphatic heterocycles. The van der Waals surface area contributed by atoms with Gasteiger partial charge >= 0.3 is 0 Å². The van der Waals surface area contributed by atoms with Crippen LogP contribution in [0.25, 0.3) is 0 Å². The number of aromatic nitrogens is 1. The largest absolute Gasteiger partial charge is 0.316 e. The minimum Gasteiger partial charge on any atom is -0.316 e. The van der Waals surface area contributed by atoms with Crippen LogP contribution in [-0.2, 0) is 6.54 Å². The first-order valence-corrected chi connectivity index (χ1v) is 6.54. The molecule has 1 aromatic heterocycles. The van der Waals surface area contributed by atoms with E-state index in [0.29, 0.717) is 5.41 Å². The van der Waals surface area contributed by atoms with Gasteiger partial charge in [0.05, 0.1) is 0 Å². The number of hydrogen-bond donors (Lipinski definition) is 1. The first-order chi connectivity index (χ1) is 8.22. The van der Waals surface area contributed by atoms with Crippen molar-refractivity contribution < 1.29 is 0 Å². The van der Waals surface area contributed by atoms with Crippen LogP contribution < -0.4 is 5.32 Å². The molecular weight excluding hydrogens is 210 g/mol. The van der Waals surface area contributed by atoms with Gasteiger partial charge in [-0.1, -0.05) is 13.8 Å². The molecule has 1 aliphatic rings. The summed E-state index contributed by atoms with van der Waals surface area (Å²) in [4.78, 5) is 6.60. The van der Waals surface area contributed by atoms with Gasteiger partial charge in [0.1, 0.15) is 0 Å². The van der Waals surface area contributed by atoms with E-state index in [0.717, 1.165) is 19.6 Å². The highest BCUT2D eigenvalue weighted by molar-refractivity contribution is 5.09. The van der Waals surface area contributed by atoms with Crippen molar-refractivity contribution in [2.75, 3.05) is 26.2 Å². The Kier molecular flexibility index (Phi) is 4.13. The van der Waals surface area contributed by atoms with Gasteiger partial charge in [-0.25, -0.2) is 0 Å². The summed E-state index contributed by atoms with van der Waals surface area (Å²) < 4.78 is 0. The molecule has 3 heteroatoms. The Morgan fingerprint density at radius 1 is 1.41 bits per heavy atom. The molecule has 0 radical (unpaired) electrons. The zero-order chi connectivity index (χ0) is 12.1. The molecule has 0 aliphatic carbocycles. The lowest BCUT2D eigenvalue weighted by Gasteiger charge is -2.31. The van der Waals surface area contributed by atoms with Gasteiger partial charge in [0.2, 0.25) is 0 Å². The van der Waals surface area contributed by atoms with Crippen LogP contribution in [0.1, 0.15) is 25.8 Å². The summed E-state index contributed by atoms with van der Waals surface area (Å²) in [6.07, 6.45) is 5.05. The molecule has 94 valence electrons. The summed E-state index contributed by atoms with van der Waals surface area (Å²) in [7, 11) is 0. The maximum atomic E-state index is 4.07. The summed E-state index contributed by atoms with van der Waals surface area (Å²) in [5.41, 5.74) is 1.81. The molecule has 0 saturated carbocycles. The second-order valence-corrected chi connectivity index (χ2v) is 5.40. The minimum absolute atomic E-state index is 0.447. The predicted molar refractivity (Wildman–Crippen MR) is 70.8 cm³/mol. The van der Waals surface area contributed by atoms with Crippen LogP contribution in [0.4, 0.5) is 0 Å². The molecule has 1 saturated heterocycles. The number of rotatable bonds is 5. The Labute approximate surface area is 104 Å². The van der Waals surface area contributed by atoms with E-state index in [1.807, 2.05) is 12.4 Å². The van der Waals surface area contributed by atoms with Gasteiger partial charge in [-0.05, 0) is 42.6 Å². The molecule has 1 aromatic rings. The quantitative estimate of drug-likeness (QED) is 0.842. The second kappa shape index (κ2) is 5.61. The Bertz CT molecular complexity index is 331. The van der Waals surface area contributed by atoms with Crippen LogP contribution >= 0.6 is 0 Å². The molecule has 3 nitrogen and oxygen atoms in total. The van der Waals surface area contributed by atoms with Gasteiger partial charge in [0.15, 0.2) is 0 Å². The Balaban J connectivity index is 1.93. The van der Waals surface area contributed by atoms with Gasteiger partial charge in [-0.2, -0.15) is 0 Å². The highest BCUT2D eigenvalue weighted by Gasteiger charge is 2.30. The molecule has 0 bridgehead atoms. The lowest BCUT2D eigenvalue weighted by molar-refractivity contribution is 0.178. The topological polar surface area (TPSA) is 28.2 Å². The molecule has 1 N–H and O–H groups in total. The van der Waals surface area contributed by atoms with Gasteiger partial charge in [-0.3, -0.25) is 9.88 Å². The fraction of sp³-hybridized carbons (Fsp3) is 0.643. The van der Waals surface area contributed by atoms with Crippen molar-refractivity contribution in [1.29, 1.82) is 0 Å². The van der Waals surface area contributed by atoms with Crippen molar-refractivity contribution in [3.63, 3.8) is 0 Å². The average Bonchev–Trinajstić information content (AvgIpc) is 2.76. The smallest absolute Gasteiger partial charge is 0.0271 e. The number of hydrogen-bond acceptors (Lipinski definition) is 3. The molecule has 1 unspecified atom stereocenters. The number of nitrogens with one attached hydrogen (secondary N) is 1. The van der Waals surface area contributed by atoms with Crippen molar-refractivity contribution in [1.82, 2.24) is 15.2 Å². The maximum absolute atomic E-state index is 4.07. The van der Waals surface area contributed by atoms with E-state index < -0.39 is 0 Å². The fourth-order valence-corrected chi connectivity index (χ4v) is 2.57. The van der Waals surface area contributed by atoms with Crippen LogP contribution in [0.5, 0.6) is 0 Å². The van der Waals surface area contributed by atoms with Crippen LogP contribution in [0.3, 0.4) is 0 Å². The van der Waals surface area contributed by atoms with E-state index in [4.69, 9.17) is 0 Å². The highest BCUT2D eigenvalue weighted by atomic mass is 15.1. The Morgan fingerprint density at radius 3 is 2.76 bits per heavy atom.